The van der Waals surface area contributed by atoms with Crippen LogP contribution in [0.2, 0.25) is 0 Å². The zero-order valence-electron chi connectivity index (χ0n) is 9.75. The summed E-state index contributed by atoms with van der Waals surface area (Å²) >= 11 is 1.38. The first-order valence-electron chi connectivity index (χ1n) is 5.54. The van der Waals surface area contributed by atoms with Gasteiger partial charge in [-0.3, -0.25) is 0 Å². The number of nitrogens with zero attached hydrogens (tertiary/aromatic N) is 3. The molecule has 6 heteroatoms. The third-order valence-electron chi connectivity index (χ3n) is 2.96. The highest BCUT2D eigenvalue weighted by molar-refractivity contribution is 7.09. The van der Waals surface area contributed by atoms with Crippen molar-refractivity contribution < 1.29 is 9.90 Å². The summed E-state index contributed by atoms with van der Waals surface area (Å²) in [6.45, 7) is 3.33. The fraction of sp³-hybridized carbons (Fsp3) is 0.250. The number of aryl methyl sites for hydroxylation is 1. The van der Waals surface area contributed by atoms with Crippen molar-refractivity contribution >= 4 is 22.6 Å². The highest BCUT2D eigenvalue weighted by Crippen LogP contribution is 2.29. The molecule has 1 aliphatic heterocycles. The molecule has 0 radical (unpaired) electrons. The van der Waals surface area contributed by atoms with Gasteiger partial charge in [0.05, 0.1) is 5.56 Å². The first-order chi connectivity index (χ1) is 8.63. The Morgan fingerprint density at radius 3 is 2.83 bits per heavy atom. The lowest BCUT2D eigenvalue weighted by Crippen LogP contribution is -2.13. The van der Waals surface area contributed by atoms with Gasteiger partial charge in [-0.1, -0.05) is 6.07 Å². The molecule has 0 fully saturated rings. The molecule has 92 valence electrons. The molecule has 1 aliphatic rings. The summed E-state index contributed by atoms with van der Waals surface area (Å²) in [6.07, 6.45) is 0. The van der Waals surface area contributed by atoms with Gasteiger partial charge in [0.2, 0.25) is 5.13 Å². The number of benzene rings is 1. The Morgan fingerprint density at radius 1 is 1.39 bits per heavy atom. The van der Waals surface area contributed by atoms with Gasteiger partial charge in [0.15, 0.2) is 0 Å². The number of aromatic nitrogens is 2. The second-order valence-electron chi connectivity index (χ2n) is 4.27. The Bertz CT molecular complexity index is 624. The second kappa shape index (κ2) is 4.06. The summed E-state index contributed by atoms with van der Waals surface area (Å²) in [7, 11) is 0. The summed E-state index contributed by atoms with van der Waals surface area (Å²) in [4.78, 5) is 17.4. The molecule has 2 heterocycles. The Hall–Kier alpha value is -1.95. The van der Waals surface area contributed by atoms with E-state index in [-0.39, 0.29) is 0 Å². The molecule has 0 bridgehead atoms. The highest BCUT2D eigenvalue weighted by atomic mass is 32.1. The van der Waals surface area contributed by atoms with E-state index in [9.17, 15) is 4.79 Å². The van der Waals surface area contributed by atoms with Gasteiger partial charge >= 0.3 is 5.97 Å². The number of carboxylic acids is 1. The number of carboxylic acid groups (broad SMARTS) is 1. The van der Waals surface area contributed by atoms with Crippen molar-refractivity contribution in [3.8, 4) is 0 Å². The van der Waals surface area contributed by atoms with Gasteiger partial charge in [-0.05, 0) is 30.2 Å². The summed E-state index contributed by atoms with van der Waals surface area (Å²) in [5.41, 5.74) is 2.56. The third kappa shape index (κ3) is 1.84. The third-order valence-corrected chi connectivity index (χ3v) is 3.83. The molecule has 1 N–H and O–H groups in total. The zero-order valence-corrected chi connectivity index (χ0v) is 10.6. The lowest BCUT2D eigenvalue weighted by molar-refractivity contribution is 0.0697. The van der Waals surface area contributed by atoms with E-state index >= 15 is 0 Å². The van der Waals surface area contributed by atoms with Crippen molar-refractivity contribution in [1.29, 1.82) is 0 Å². The van der Waals surface area contributed by atoms with Crippen LogP contribution in [0.4, 0.5) is 5.13 Å². The Kier molecular flexibility index (Phi) is 2.52. The molecule has 0 saturated heterocycles. The van der Waals surface area contributed by atoms with E-state index in [2.05, 4.69) is 14.3 Å². The van der Waals surface area contributed by atoms with E-state index in [4.69, 9.17) is 5.11 Å². The lowest BCUT2D eigenvalue weighted by atomic mass is 10.1. The number of rotatable bonds is 2. The summed E-state index contributed by atoms with van der Waals surface area (Å²) in [5.74, 6) is -0.111. The van der Waals surface area contributed by atoms with Crippen LogP contribution in [0, 0.1) is 6.92 Å². The molecule has 2 aromatic rings. The second-order valence-corrected chi connectivity index (χ2v) is 5.00. The van der Waals surface area contributed by atoms with Crippen LogP contribution in [0.3, 0.4) is 0 Å². The van der Waals surface area contributed by atoms with Gasteiger partial charge in [0.1, 0.15) is 5.82 Å². The van der Waals surface area contributed by atoms with Crippen molar-refractivity contribution in [2.45, 2.75) is 20.0 Å². The van der Waals surface area contributed by atoms with Crippen molar-refractivity contribution in [3.63, 3.8) is 0 Å². The molecule has 18 heavy (non-hydrogen) atoms. The average molecular weight is 261 g/mol. The maximum atomic E-state index is 10.9. The van der Waals surface area contributed by atoms with Crippen LogP contribution in [0.25, 0.3) is 0 Å². The molecular formula is C12H11N3O2S. The molecule has 0 atom stereocenters. The van der Waals surface area contributed by atoms with Crippen LogP contribution >= 0.6 is 11.5 Å². The van der Waals surface area contributed by atoms with Crippen LogP contribution in [0.15, 0.2) is 18.2 Å². The minimum Gasteiger partial charge on any atom is -0.478 e. The molecule has 1 aromatic heterocycles. The molecule has 0 saturated carbocycles. The van der Waals surface area contributed by atoms with Crippen molar-refractivity contribution in [2.75, 3.05) is 4.90 Å². The number of fused-ring (bicyclic) bond motifs is 1. The SMILES string of the molecule is Cc1nsc(N2Cc3ccc(C(=O)O)cc3C2)n1. The van der Waals surface area contributed by atoms with Crippen LogP contribution in [0.5, 0.6) is 0 Å². The van der Waals surface area contributed by atoms with Crippen molar-refractivity contribution in [3.05, 3.63) is 40.7 Å². The minimum atomic E-state index is -0.886. The van der Waals surface area contributed by atoms with Gasteiger partial charge in [-0.15, -0.1) is 0 Å². The molecule has 0 aliphatic carbocycles. The monoisotopic (exact) mass is 261 g/mol. The van der Waals surface area contributed by atoms with Crippen molar-refractivity contribution in [1.82, 2.24) is 9.36 Å². The van der Waals surface area contributed by atoms with Crippen LogP contribution in [-0.2, 0) is 13.1 Å². The highest BCUT2D eigenvalue weighted by Gasteiger charge is 2.22. The first kappa shape index (κ1) is 11.2. The molecule has 0 unspecified atom stereocenters. The van der Waals surface area contributed by atoms with Crippen molar-refractivity contribution in [2.24, 2.45) is 0 Å². The van der Waals surface area contributed by atoms with Crippen LogP contribution in [0.1, 0.15) is 27.3 Å². The number of carbonyl (C=O) groups is 1. The molecular weight excluding hydrogens is 250 g/mol. The maximum absolute atomic E-state index is 10.9. The van der Waals surface area contributed by atoms with E-state index in [1.807, 2.05) is 13.0 Å². The molecule has 0 amide bonds. The van der Waals surface area contributed by atoms with Gasteiger partial charge in [0.25, 0.3) is 0 Å². The van der Waals surface area contributed by atoms with Crippen LogP contribution in [-0.4, -0.2) is 20.4 Å². The predicted octanol–water partition coefficient (Wildman–Crippen LogP) is 2.06. The minimum absolute atomic E-state index is 0.337. The van der Waals surface area contributed by atoms with Gasteiger partial charge in [-0.2, -0.15) is 4.37 Å². The van der Waals surface area contributed by atoms with Gasteiger partial charge < -0.3 is 10.0 Å². The molecule has 1 aromatic carbocycles. The quantitative estimate of drug-likeness (QED) is 0.896. The zero-order chi connectivity index (χ0) is 12.7. The van der Waals surface area contributed by atoms with E-state index in [0.717, 1.165) is 28.6 Å². The largest absolute Gasteiger partial charge is 0.478 e. The fourth-order valence-corrected chi connectivity index (χ4v) is 2.75. The van der Waals surface area contributed by atoms with Gasteiger partial charge in [0, 0.05) is 24.6 Å². The average Bonchev–Trinajstić information content (AvgIpc) is 2.93. The van der Waals surface area contributed by atoms with E-state index in [1.54, 1.807) is 12.1 Å². The summed E-state index contributed by atoms with van der Waals surface area (Å²) in [5, 5.41) is 9.86. The van der Waals surface area contributed by atoms with E-state index in [1.165, 1.54) is 11.5 Å². The number of anilines is 1. The normalized spacial score (nSPS) is 13.7. The standard InChI is InChI=1S/C12H11N3O2S/c1-7-13-12(18-14-7)15-5-9-3-2-8(11(16)17)4-10(9)6-15/h2-4H,5-6H2,1H3,(H,16,17). The Morgan fingerprint density at radius 2 is 2.17 bits per heavy atom. The number of hydrogen-bond acceptors (Lipinski definition) is 5. The van der Waals surface area contributed by atoms with Crippen LogP contribution < -0.4 is 4.90 Å². The number of hydrogen-bond donors (Lipinski definition) is 1. The van der Waals surface area contributed by atoms with E-state index in [0.29, 0.717) is 12.1 Å². The smallest absolute Gasteiger partial charge is 0.335 e. The lowest BCUT2D eigenvalue weighted by Gasteiger charge is -2.11. The topological polar surface area (TPSA) is 66.3 Å². The molecule has 5 nitrogen and oxygen atoms in total. The summed E-state index contributed by atoms with van der Waals surface area (Å²) in [6, 6.07) is 5.27. The van der Waals surface area contributed by atoms with E-state index < -0.39 is 5.97 Å². The molecule has 3 rings (SSSR count). The molecule has 0 spiro atoms. The predicted molar refractivity (Wildman–Crippen MR) is 67.9 cm³/mol. The van der Waals surface area contributed by atoms with Gasteiger partial charge in [-0.25, -0.2) is 9.78 Å². The summed E-state index contributed by atoms with van der Waals surface area (Å²) < 4.78 is 4.16. The Balaban J connectivity index is 1.89. The Labute approximate surface area is 108 Å². The number of aromatic carboxylic acids is 1. The first-order valence-corrected chi connectivity index (χ1v) is 6.31. The fourth-order valence-electron chi connectivity index (χ4n) is 2.08. The maximum Gasteiger partial charge on any atom is 0.335 e.